The molecule has 2 N–H and O–H groups in total. The van der Waals surface area contributed by atoms with Crippen LogP contribution < -0.4 is 5.46 Å². The van der Waals surface area contributed by atoms with Crippen molar-refractivity contribution in [2.45, 2.75) is 51.7 Å². The Labute approximate surface area is 133 Å². The molecule has 1 aliphatic carbocycles. The second kappa shape index (κ2) is 6.31. The Morgan fingerprint density at radius 1 is 1.14 bits per heavy atom. The van der Waals surface area contributed by atoms with E-state index in [1.54, 1.807) is 33.5 Å². The highest BCUT2D eigenvalue weighted by Crippen LogP contribution is 2.28. The molecule has 22 heavy (non-hydrogen) atoms. The molecule has 0 aliphatic heterocycles. The van der Waals surface area contributed by atoms with Crippen LogP contribution in [0.2, 0.25) is 0 Å². The zero-order valence-electron chi connectivity index (χ0n) is 13.8. The summed E-state index contributed by atoms with van der Waals surface area (Å²) in [5, 5.41) is 20.2. The van der Waals surface area contributed by atoms with Gasteiger partial charge in [-0.3, -0.25) is 0 Å². The molecule has 0 saturated carbocycles. The molecular weight excluding hydrogens is 275 g/mol. The zero-order valence-corrected chi connectivity index (χ0v) is 13.8. The molecule has 0 atom stereocenters. The number of rotatable bonds is 5. The highest BCUT2D eigenvalue weighted by molar-refractivity contribution is 6.47. The van der Waals surface area contributed by atoms with E-state index in [0.717, 1.165) is 29.4 Å². The van der Waals surface area contributed by atoms with Gasteiger partial charge in [0.05, 0.1) is 11.2 Å². The monoisotopic (exact) mass is 299 g/mol. The maximum atomic E-state index is 10.1. The van der Waals surface area contributed by atoms with Crippen molar-refractivity contribution >= 4 is 18.5 Å². The fourth-order valence-electron chi connectivity index (χ4n) is 2.03. The van der Waals surface area contributed by atoms with E-state index < -0.39 is 11.2 Å². The van der Waals surface area contributed by atoms with Gasteiger partial charge in [-0.05, 0) is 52.2 Å². The van der Waals surface area contributed by atoms with E-state index in [4.69, 9.17) is 4.65 Å². The van der Waals surface area contributed by atoms with Crippen molar-refractivity contribution in [3.05, 3.63) is 42.0 Å². The minimum absolute atomic E-state index is 0.261. The summed E-state index contributed by atoms with van der Waals surface area (Å²) in [4.78, 5) is 0. The molecule has 0 spiro atoms. The van der Waals surface area contributed by atoms with Gasteiger partial charge in [-0.25, -0.2) is 0 Å². The van der Waals surface area contributed by atoms with Crippen molar-refractivity contribution in [1.82, 2.24) is 0 Å². The lowest BCUT2D eigenvalue weighted by Crippen LogP contribution is -2.49. The van der Waals surface area contributed by atoms with E-state index in [2.05, 4.69) is 12.2 Å². The molecule has 0 aromatic heterocycles. The normalized spacial score (nSPS) is 15.6. The van der Waals surface area contributed by atoms with Gasteiger partial charge < -0.3 is 14.9 Å². The molecule has 117 valence electrons. The van der Waals surface area contributed by atoms with Crippen LogP contribution in [0.1, 0.15) is 46.1 Å². The molecule has 1 aromatic rings. The second-order valence-corrected chi connectivity index (χ2v) is 6.72. The number of hydrogen-bond donors (Lipinski definition) is 2. The molecule has 1 aromatic carbocycles. The van der Waals surface area contributed by atoms with E-state index in [9.17, 15) is 10.2 Å². The number of aliphatic hydroxyl groups is 1. The molecule has 0 fully saturated rings. The van der Waals surface area contributed by atoms with Gasteiger partial charge in [-0.2, -0.15) is 0 Å². The number of benzene rings is 1. The summed E-state index contributed by atoms with van der Waals surface area (Å²) in [7, 11) is 1.63. The molecule has 0 bridgehead atoms. The molecule has 0 unspecified atom stereocenters. The van der Waals surface area contributed by atoms with Gasteiger partial charge >= 0.3 is 7.48 Å². The van der Waals surface area contributed by atoms with E-state index in [1.165, 1.54) is 0 Å². The van der Waals surface area contributed by atoms with Crippen molar-refractivity contribution in [2.75, 3.05) is 0 Å². The predicted octanol–water partition coefficient (Wildman–Crippen LogP) is 2.94. The van der Waals surface area contributed by atoms with Crippen LogP contribution in [0.5, 0.6) is 5.75 Å². The van der Waals surface area contributed by atoms with Crippen LogP contribution in [-0.4, -0.2) is 28.9 Å². The third kappa shape index (κ3) is 3.82. The number of allylic oxidation sites excluding steroid dienone is 4. The summed E-state index contributed by atoms with van der Waals surface area (Å²) in [6, 6.07) is 5.37. The van der Waals surface area contributed by atoms with Gasteiger partial charge in [0.25, 0.3) is 0 Å². The quantitative estimate of drug-likeness (QED) is 0.822. The molecule has 0 heterocycles. The minimum Gasteiger partial charge on any atom is -0.507 e. The lowest BCUT2D eigenvalue weighted by Gasteiger charge is -2.37. The molecule has 0 saturated heterocycles. The Morgan fingerprint density at radius 3 is 2.45 bits per heavy atom. The first-order valence-corrected chi connectivity index (χ1v) is 7.64. The summed E-state index contributed by atoms with van der Waals surface area (Å²) < 4.78 is 5.77. The van der Waals surface area contributed by atoms with Gasteiger partial charge in [-0.15, -0.1) is 0 Å². The fourth-order valence-corrected chi connectivity index (χ4v) is 2.03. The number of phenols is 1. The van der Waals surface area contributed by atoms with Crippen LogP contribution in [0.3, 0.4) is 0 Å². The van der Waals surface area contributed by atoms with Gasteiger partial charge in [0, 0.05) is 5.56 Å². The Hall–Kier alpha value is -1.52. The average molecular weight is 299 g/mol. The average Bonchev–Trinajstić information content (AvgIpc) is 2.46. The lowest BCUT2D eigenvalue weighted by atomic mass is 9.81. The molecular formula is C18H24BO3. The van der Waals surface area contributed by atoms with Crippen molar-refractivity contribution in [1.29, 1.82) is 0 Å². The van der Waals surface area contributed by atoms with E-state index in [-0.39, 0.29) is 5.75 Å². The number of aromatic hydroxyl groups is 1. The first kappa shape index (κ1) is 16.8. The SMILES string of the molecule is CC(C)(O)C(C)(C)O[B]c1ccc(O)c(C2=CCCC=C2)c1. The van der Waals surface area contributed by atoms with Gasteiger partial charge in [0.2, 0.25) is 0 Å². The topological polar surface area (TPSA) is 49.7 Å². The summed E-state index contributed by atoms with van der Waals surface area (Å²) in [6.07, 6.45) is 8.30. The van der Waals surface area contributed by atoms with Crippen LogP contribution in [0.4, 0.5) is 0 Å². The third-order valence-corrected chi connectivity index (χ3v) is 4.29. The summed E-state index contributed by atoms with van der Waals surface area (Å²) >= 11 is 0. The highest BCUT2D eigenvalue weighted by Gasteiger charge is 2.35. The number of phenolic OH excluding ortho intramolecular Hbond substituents is 1. The molecule has 3 nitrogen and oxygen atoms in total. The molecule has 2 rings (SSSR count). The molecule has 1 radical (unpaired) electrons. The van der Waals surface area contributed by atoms with Crippen molar-refractivity contribution in [3.63, 3.8) is 0 Å². The summed E-state index contributed by atoms with van der Waals surface area (Å²) in [5.74, 6) is 0.261. The Bertz CT molecular complexity index is 595. The second-order valence-electron chi connectivity index (χ2n) is 6.72. The van der Waals surface area contributed by atoms with Crippen LogP contribution in [-0.2, 0) is 4.65 Å². The van der Waals surface area contributed by atoms with Crippen LogP contribution in [0.15, 0.2) is 36.4 Å². The molecule has 1 aliphatic rings. The Kier molecular flexibility index (Phi) is 4.83. The standard InChI is InChI=1S/C18H24BO3/c1-17(2,21)18(3,4)22-19-14-10-11-16(20)15(12-14)13-8-6-5-7-9-13/h6,8-12,20-21H,5,7H2,1-4H3. The van der Waals surface area contributed by atoms with E-state index >= 15 is 0 Å². The van der Waals surface area contributed by atoms with Crippen LogP contribution >= 0.6 is 0 Å². The van der Waals surface area contributed by atoms with Crippen LogP contribution in [0, 0.1) is 0 Å². The molecule has 0 amide bonds. The fraction of sp³-hybridized carbons (Fsp3) is 0.444. The van der Waals surface area contributed by atoms with Gasteiger partial charge in [0.15, 0.2) is 0 Å². The van der Waals surface area contributed by atoms with E-state index in [1.807, 2.05) is 26.0 Å². The van der Waals surface area contributed by atoms with Crippen LogP contribution in [0.25, 0.3) is 5.57 Å². The Balaban J connectivity index is 2.17. The first-order chi connectivity index (χ1) is 10.2. The smallest absolute Gasteiger partial charge is 0.330 e. The summed E-state index contributed by atoms with van der Waals surface area (Å²) in [5.41, 5.74) is 1.01. The lowest BCUT2D eigenvalue weighted by molar-refractivity contribution is -0.0893. The van der Waals surface area contributed by atoms with E-state index in [0.29, 0.717) is 0 Å². The number of hydrogen-bond acceptors (Lipinski definition) is 3. The largest absolute Gasteiger partial charge is 0.507 e. The Morgan fingerprint density at radius 2 is 1.86 bits per heavy atom. The maximum absolute atomic E-state index is 10.1. The first-order valence-electron chi connectivity index (χ1n) is 7.64. The van der Waals surface area contributed by atoms with Gasteiger partial charge in [0.1, 0.15) is 5.75 Å². The van der Waals surface area contributed by atoms with Crippen molar-refractivity contribution in [3.8, 4) is 5.75 Å². The van der Waals surface area contributed by atoms with Crippen molar-refractivity contribution < 1.29 is 14.9 Å². The maximum Gasteiger partial charge on any atom is 0.330 e. The minimum atomic E-state index is -0.960. The zero-order chi connectivity index (χ0) is 16.4. The predicted molar refractivity (Wildman–Crippen MR) is 91.3 cm³/mol. The van der Waals surface area contributed by atoms with Gasteiger partial charge in [-0.1, -0.05) is 35.8 Å². The third-order valence-electron chi connectivity index (χ3n) is 4.29. The molecule has 4 heteroatoms. The van der Waals surface area contributed by atoms with Crippen molar-refractivity contribution in [2.24, 2.45) is 0 Å². The summed E-state index contributed by atoms with van der Waals surface area (Å²) in [6.45, 7) is 7.13. The highest BCUT2D eigenvalue weighted by atomic mass is 16.5.